The van der Waals surface area contributed by atoms with Gasteiger partial charge in [0.25, 0.3) is 0 Å². The summed E-state index contributed by atoms with van der Waals surface area (Å²) in [7, 11) is 0. The van der Waals surface area contributed by atoms with E-state index in [-0.39, 0.29) is 11.9 Å². The van der Waals surface area contributed by atoms with Crippen molar-refractivity contribution in [3.8, 4) is 0 Å². The van der Waals surface area contributed by atoms with Gasteiger partial charge in [-0.25, -0.2) is 0 Å². The molecule has 106 valence electrons. The minimum atomic E-state index is -0.802. The molecule has 3 nitrogen and oxygen atoms in total. The Balaban J connectivity index is 1.86. The average molecular weight is 264 g/mol. The zero-order valence-electron chi connectivity index (χ0n) is 11.7. The van der Waals surface area contributed by atoms with Gasteiger partial charge in [-0.2, -0.15) is 0 Å². The highest BCUT2D eigenvalue weighted by molar-refractivity contribution is 6.00. The molecule has 0 radical (unpaired) electrons. The maximum atomic E-state index is 11.8. The Morgan fingerprint density at radius 3 is 2.95 bits per heavy atom. The summed E-state index contributed by atoms with van der Waals surface area (Å²) >= 11 is 0. The summed E-state index contributed by atoms with van der Waals surface area (Å²) in [4.78, 5) is 11.8. The van der Waals surface area contributed by atoms with Crippen molar-refractivity contribution in [2.24, 2.45) is 0 Å². The summed E-state index contributed by atoms with van der Waals surface area (Å²) in [5.74, 6) is 0.705. The zero-order valence-corrected chi connectivity index (χ0v) is 11.7. The van der Waals surface area contributed by atoms with Gasteiger partial charge in [-0.1, -0.05) is 25.8 Å². The van der Waals surface area contributed by atoms with Gasteiger partial charge in [-0.3, -0.25) is 4.79 Å². The number of aliphatic hydroxyl groups is 1. The number of carbonyl (C=O) groups is 1. The van der Waals surface area contributed by atoms with Crippen LogP contribution in [0.25, 0.3) is 0 Å². The molecule has 2 aliphatic rings. The van der Waals surface area contributed by atoms with E-state index in [1.807, 2.05) is 0 Å². The molecule has 2 rings (SSSR count). The standard InChI is InChI=1S/C16H24O3/c1-2-3-4-5-6-7-12-8-9-13-15(19-12)11-10-14(17)16(13)18/h6-7,12,14,17H,2-5,8-11H2,1H3/b7-6+/t12-,14-/m1/s1. The van der Waals surface area contributed by atoms with Crippen molar-refractivity contribution in [3.05, 3.63) is 23.5 Å². The summed E-state index contributed by atoms with van der Waals surface area (Å²) in [5.41, 5.74) is 0.731. The zero-order chi connectivity index (χ0) is 13.7. The smallest absolute Gasteiger partial charge is 0.190 e. The fourth-order valence-electron chi connectivity index (χ4n) is 2.70. The number of carbonyl (C=O) groups excluding carboxylic acids is 1. The molecule has 0 saturated carbocycles. The van der Waals surface area contributed by atoms with Crippen LogP contribution in [0.5, 0.6) is 0 Å². The lowest BCUT2D eigenvalue weighted by atomic mass is 9.88. The minimum absolute atomic E-state index is 0.114. The Kier molecular flexibility index (Phi) is 5.20. The third-order valence-electron chi connectivity index (χ3n) is 3.88. The third kappa shape index (κ3) is 3.69. The lowest BCUT2D eigenvalue weighted by molar-refractivity contribution is -0.125. The van der Waals surface area contributed by atoms with E-state index >= 15 is 0 Å². The summed E-state index contributed by atoms with van der Waals surface area (Å²) in [6.45, 7) is 2.20. The minimum Gasteiger partial charge on any atom is -0.490 e. The number of rotatable bonds is 5. The Bertz CT molecular complexity index is 381. The number of hydrogen-bond donors (Lipinski definition) is 1. The number of allylic oxidation sites excluding steroid dienone is 2. The van der Waals surface area contributed by atoms with Gasteiger partial charge in [0.1, 0.15) is 18.0 Å². The summed E-state index contributed by atoms with van der Waals surface area (Å²) in [6.07, 6.45) is 11.3. The number of Topliss-reactive ketones (excluding diaryl/α,β-unsaturated/α-hetero) is 1. The van der Waals surface area contributed by atoms with E-state index in [9.17, 15) is 9.90 Å². The van der Waals surface area contributed by atoms with Crippen LogP contribution >= 0.6 is 0 Å². The van der Waals surface area contributed by atoms with Crippen LogP contribution in [0.4, 0.5) is 0 Å². The molecule has 1 heterocycles. The van der Waals surface area contributed by atoms with Crippen molar-refractivity contribution in [1.82, 2.24) is 0 Å². The van der Waals surface area contributed by atoms with Crippen LogP contribution in [0, 0.1) is 0 Å². The monoisotopic (exact) mass is 264 g/mol. The van der Waals surface area contributed by atoms with Gasteiger partial charge in [-0.15, -0.1) is 0 Å². The lowest BCUT2D eigenvalue weighted by Gasteiger charge is -2.30. The van der Waals surface area contributed by atoms with Gasteiger partial charge in [-0.05, 0) is 38.2 Å². The van der Waals surface area contributed by atoms with Crippen molar-refractivity contribution in [2.75, 3.05) is 0 Å². The van der Waals surface area contributed by atoms with Crippen LogP contribution < -0.4 is 0 Å². The predicted octanol–water partition coefficient (Wildman–Crippen LogP) is 3.28. The Morgan fingerprint density at radius 2 is 2.16 bits per heavy atom. The number of unbranched alkanes of at least 4 members (excludes halogenated alkanes) is 3. The Morgan fingerprint density at radius 1 is 1.32 bits per heavy atom. The van der Waals surface area contributed by atoms with Crippen LogP contribution in [0.1, 0.15) is 58.3 Å². The molecule has 0 spiro atoms. The van der Waals surface area contributed by atoms with Crippen molar-refractivity contribution in [1.29, 1.82) is 0 Å². The topological polar surface area (TPSA) is 46.5 Å². The first-order chi connectivity index (χ1) is 9.22. The van der Waals surface area contributed by atoms with E-state index in [4.69, 9.17) is 4.74 Å². The Labute approximate surface area is 115 Å². The van der Waals surface area contributed by atoms with Crippen LogP contribution in [0.15, 0.2) is 23.5 Å². The molecule has 0 amide bonds. The van der Waals surface area contributed by atoms with Gasteiger partial charge in [0.15, 0.2) is 5.78 Å². The molecular formula is C16H24O3. The molecule has 0 aromatic carbocycles. The highest BCUT2D eigenvalue weighted by Gasteiger charge is 2.32. The predicted molar refractivity (Wildman–Crippen MR) is 74.7 cm³/mol. The second-order valence-electron chi connectivity index (χ2n) is 5.44. The molecule has 19 heavy (non-hydrogen) atoms. The van der Waals surface area contributed by atoms with Gasteiger partial charge in [0.05, 0.1) is 0 Å². The molecular weight excluding hydrogens is 240 g/mol. The largest absolute Gasteiger partial charge is 0.490 e. The van der Waals surface area contributed by atoms with E-state index in [0.717, 1.165) is 30.6 Å². The molecule has 1 N–H and O–H groups in total. The molecule has 3 heteroatoms. The molecule has 2 atom stereocenters. The normalized spacial score (nSPS) is 27.6. The highest BCUT2D eigenvalue weighted by atomic mass is 16.5. The molecule has 0 saturated heterocycles. The highest BCUT2D eigenvalue weighted by Crippen LogP contribution is 2.33. The SMILES string of the molecule is CCCCC/C=C/[C@@H]1CCC2=C(CC[C@@H](O)C2=O)O1. The molecule has 1 aliphatic heterocycles. The van der Waals surface area contributed by atoms with Gasteiger partial charge in [0.2, 0.25) is 0 Å². The summed E-state index contributed by atoms with van der Waals surface area (Å²) in [6, 6.07) is 0. The first-order valence-electron chi connectivity index (χ1n) is 7.50. The number of aliphatic hydroxyl groups excluding tert-OH is 1. The quantitative estimate of drug-likeness (QED) is 0.612. The fourth-order valence-corrected chi connectivity index (χ4v) is 2.70. The molecule has 0 fully saturated rings. The van der Waals surface area contributed by atoms with Crippen LogP contribution in [0.2, 0.25) is 0 Å². The third-order valence-corrected chi connectivity index (χ3v) is 3.88. The number of hydrogen-bond acceptors (Lipinski definition) is 3. The second kappa shape index (κ2) is 6.90. The van der Waals surface area contributed by atoms with E-state index in [0.29, 0.717) is 12.8 Å². The maximum absolute atomic E-state index is 11.8. The first kappa shape index (κ1) is 14.3. The van der Waals surface area contributed by atoms with Crippen LogP contribution in [0.3, 0.4) is 0 Å². The summed E-state index contributed by atoms with van der Waals surface area (Å²) < 4.78 is 5.88. The van der Waals surface area contributed by atoms with Crippen molar-refractivity contribution in [2.45, 2.75) is 70.5 Å². The van der Waals surface area contributed by atoms with E-state index in [1.54, 1.807) is 0 Å². The molecule has 0 bridgehead atoms. The van der Waals surface area contributed by atoms with Crippen molar-refractivity contribution >= 4 is 5.78 Å². The molecule has 1 aliphatic carbocycles. The Hall–Kier alpha value is -1.09. The molecule has 0 aromatic rings. The molecule has 0 unspecified atom stereocenters. The fraction of sp³-hybridized carbons (Fsp3) is 0.688. The lowest BCUT2D eigenvalue weighted by Crippen LogP contribution is -2.32. The van der Waals surface area contributed by atoms with Crippen LogP contribution in [-0.4, -0.2) is 23.1 Å². The van der Waals surface area contributed by atoms with Gasteiger partial charge in [0, 0.05) is 12.0 Å². The molecule has 0 aromatic heterocycles. The van der Waals surface area contributed by atoms with Crippen molar-refractivity contribution in [3.63, 3.8) is 0 Å². The first-order valence-corrected chi connectivity index (χ1v) is 7.50. The van der Waals surface area contributed by atoms with Crippen LogP contribution in [-0.2, 0) is 9.53 Å². The van der Waals surface area contributed by atoms with E-state index < -0.39 is 6.10 Å². The number of ether oxygens (including phenoxy) is 1. The van der Waals surface area contributed by atoms with Gasteiger partial charge >= 0.3 is 0 Å². The van der Waals surface area contributed by atoms with Crippen molar-refractivity contribution < 1.29 is 14.6 Å². The van der Waals surface area contributed by atoms with Gasteiger partial charge < -0.3 is 9.84 Å². The second-order valence-corrected chi connectivity index (χ2v) is 5.44. The average Bonchev–Trinajstić information content (AvgIpc) is 2.43. The van der Waals surface area contributed by atoms with E-state index in [2.05, 4.69) is 19.1 Å². The number of ketones is 1. The van der Waals surface area contributed by atoms with E-state index in [1.165, 1.54) is 19.3 Å². The summed E-state index contributed by atoms with van der Waals surface area (Å²) in [5, 5.41) is 9.55. The maximum Gasteiger partial charge on any atom is 0.190 e.